The van der Waals surface area contributed by atoms with Gasteiger partial charge in [0.25, 0.3) is 0 Å². The van der Waals surface area contributed by atoms with E-state index in [1.807, 2.05) is 16.7 Å². The Kier molecular flexibility index (Phi) is 4.00. The van der Waals surface area contributed by atoms with E-state index in [0.29, 0.717) is 0 Å². The number of hydrogen-bond acceptors (Lipinski definition) is 3. The van der Waals surface area contributed by atoms with Gasteiger partial charge in [-0.1, -0.05) is 13.0 Å². The van der Waals surface area contributed by atoms with Gasteiger partial charge in [0.15, 0.2) is 0 Å². The van der Waals surface area contributed by atoms with Gasteiger partial charge in [-0.3, -0.25) is 4.57 Å². The second-order valence-electron chi connectivity index (χ2n) is 5.03. The molecule has 0 aliphatic rings. The van der Waals surface area contributed by atoms with Crippen molar-refractivity contribution in [3.63, 3.8) is 0 Å². The Morgan fingerprint density at radius 2 is 2.00 bits per heavy atom. The highest BCUT2D eigenvalue weighted by Crippen LogP contribution is 2.15. The van der Waals surface area contributed by atoms with Gasteiger partial charge in [0.05, 0.1) is 5.69 Å². The third-order valence-corrected chi connectivity index (χ3v) is 3.35. The molecule has 0 fully saturated rings. The fourth-order valence-corrected chi connectivity index (χ4v) is 2.31. The summed E-state index contributed by atoms with van der Waals surface area (Å²) in [7, 11) is 0. The number of benzene rings is 1. The fraction of sp³-hybridized carbons (Fsp3) is 0.250. The zero-order valence-corrected chi connectivity index (χ0v) is 12.1. The minimum absolute atomic E-state index is 0.822. The predicted molar refractivity (Wildman–Crippen MR) is 83.4 cm³/mol. The summed E-state index contributed by atoms with van der Waals surface area (Å²) in [6.07, 6.45) is 8.88. The Morgan fingerprint density at radius 3 is 2.81 bits per heavy atom. The monoisotopic (exact) mass is 281 g/mol. The first-order valence-corrected chi connectivity index (χ1v) is 7.19. The van der Waals surface area contributed by atoms with Crippen LogP contribution in [0.4, 0.5) is 5.69 Å². The molecular formula is C16H19N5. The first-order chi connectivity index (χ1) is 10.3. The van der Waals surface area contributed by atoms with Crippen molar-refractivity contribution in [2.24, 2.45) is 0 Å². The molecular weight excluding hydrogens is 262 g/mol. The third-order valence-electron chi connectivity index (χ3n) is 3.35. The van der Waals surface area contributed by atoms with Crippen LogP contribution >= 0.6 is 0 Å². The van der Waals surface area contributed by atoms with Crippen molar-refractivity contribution in [2.75, 3.05) is 5.32 Å². The van der Waals surface area contributed by atoms with E-state index in [2.05, 4.69) is 57.6 Å². The maximum atomic E-state index is 3.83. The Hall–Kier alpha value is -2.56. The summed E-state index contributed by atoms with van der Waals surface area (Å²) in [5.41, 5.74) is 3.43. The lowest BCUT2D eigenvalue weighted by Crippen LogP contribution is -2.00. The van der Waals surface area contributed by atoms with Crippen LogP contribution in [0.1, 0.15) is 18.9 Å². The molecule has 3 rings (SSSR count). The predicted octanol–water partition coefficient (Wildman–Crippen LogP) is 3.09. The van der Waals surface area contributed by atoms with Crippen LogP contribution in [0.2, 0.25) is 0 Å². The second kappa shape index (κ2) is 6.26. The molecule has 0 aliphatic carbocycles. The number of anilines is 1. The Labute approximate surface area is 124 Å². The quantitative estimate of drug-likeness (QED) is 0.755. The first-order valence-electron chi connectivity index (χ1n) is 7.19. The summed E-state index contributed by atoms with van der Waals surface area (Å²) < 4.78 is 4.12. The minimum Gasteiger partial charge on any atom is -0.381 e. The van der Waals surface area contributed by atoms with Crippen molar-refractivity contribution in [3.05, 3.63) is 60.9 Å². The average molecular weight is 281 g/mol. The van der Waals surface area contributed by atoms with Crippen LogP contribution in [0, 0.1) is 0 Å². The number of nitrogens with one attached hydrogen (secondary N) is 1. The Bertz CT molecular complexity index is 684. The second-order valence-corrected chi connectivity index (χ2v) is 5.03. The molecule has 0 radical (unpaired) electrons. The van der Waals surface area contributed by atoms with E-state index in [1.165, 1.54) is 5.56 Å². The molecule has 0 atom stereocenters. The van der Waals surface area contributed by atoms with Crippen LogP contribution in [-0.2, 0) is 13.1 Å². The largest absolute Gasteiger partial charge is 0.381 e. The summed E-state index contributed by atoms with van der Waals surface area (Å²) in [5.74, 6) is 0. The zero-order valence-electron chi connectivity index (χ0n) is 12.1. The molecule has 5 nitrogen and oxygen atoms in total. The van der Waals surface area contributed by atoms with Crippen LogP contribution in [0.5, 0.6) is 0 Å². The van der Waals surface area contributed by atoms with Gasteiger partial charge >= 0.3 is 0 Å². The van der Waals surface area contributed by atoms with Crippen molar-refractivity contribution in [1.29, 1.82) is 0 Å². The van der Waals surface area contributed by atoms with Gasteiger partial charge in [-0.15, -0.1) is 10.2 Å². The van der Waals surface area contributed by atoms with Crippen molar-refractivity contribution in [3.8, 4) is 5.69 Å². The van der Waals surface area contributed by atoms with Gasteiger partial charge < -0.3 is 9.88 Å². The highest BCUT2D eigenvalue weighted by Gasteiger charge is 2.00. The van der Waals surface area contributed by atoms with Crippen LogP contribution in [0.15, 0.2) is 55.4 Å². The van der Waals surface area contributed by atoms with Gasteiger partial charge in [0, 0.05) is 31.2 Å². The van der Waals surface area contributed by atoms with E-state index >= 15 is 0 Å². The average Bonchev–Trinajstić information content (AvgIpc) is 3.18. The molecule has 3 aromatic rings. The molecule has 0 bridgehead atoms. The van der Waals surface area contributed by atoms with Crippen LogP contribution in [0.25, 0.3) is 5.69 Å². The first kappa shape index (κ1) is 13.4. The molecule has 0 amide bonds. The van der Waals surface area contributed by atoms with Gasteiger partial charge in [-0.05, 0) is 36.2 Å². The van der Waals surface area contributed by atoms with Gasteiger partial charge in [0.2, 0.25) is 0 Å². The standard InChI is InChI=1S/C16H19N5/c1-2-7-20-8-6-14(11-20)10-17-15-4-3-5-16(9-15)21-12-18-19-13-21/h3-6,8-9,11-13,17H,2,7,10H2,1H3. The summed E-state index contributed by atoms with van der Waals surface area (Å²) in [6, 6.07) is 10.4. The maximum absolute atomic E-state index is 3.83. The summed E-state index contributed by atoms with van der Waals surface area (Å²) in [4.78, 5) is 0. The van der Waals surface area contributed by atoms with E-state index in [1.54, 1.807) is 12.7 Å². The molecule has 1 N–H and O–H groups in total. The summed E-state index contributed by atoms with van der Waals surface area (Å²) in [5, 5.41) is 11.1. The van der Waals surface area contributed by atoms with Crippen molar-refractivity contribution in [1.82, 2.24) is 19.3 Å². The third kappa shape index (κ3) is 3.31. The molecule has 0 aliphatic heterocycles. The number of aromatic nitrogens is 4. The molecule has 0 saturated heterocycles. The Morgan fingerprint density at radius 1 is 1.14 bits per heavy atom. The van der Waals surface area contributed by atoms with E-state index in [0.717, 1.165) is 30.9 Å². The molecule has 108 valence electrons. The fourth-order valence-electron chi connectivity index (χ4n) is 2.31. The normalized spacial score (nSPS) is 10.7. The summed E-state index contributed by atoms with van der Waals surface area (Å²) in [6.45, 7) is 4.08. The van der Waals surface area contributed by atoms with Gasteiger partial charge in [0.1, 0.15) is 12.7 Å². The lowest BCUT2D eigenvalue weighted by atomic mass is 10.2. The van der Waals surface area contributed by atoms with Crippen molar-refractivity contribution >= 4 is 5.69 Å². The molecule has 5 heteroatoms. The number of aryl methyl sites for hydroxylation is 1. The van der Waals surface area contributed by atoms with E-state index in [9.17, 15) is 0 Å². The molecule has 21 heavy (non-hydrogen) atoms. The van der Waals surface area contributed by atoms with Gasteiger partial charge in [-0.2, -0.15) is 0 Å². The highest BCUT2D eigenvalue weighted by molar-refractivity contribution is 5.51. The zero-order chi connectivity index (χ0) is 14.5. The van der Waals surface area contributed by atoms with Crippen LogP contribution in [-0.4, -0.2) is 19.3 Å². The summed E-state index contributed by atoms with van der Waals surface area (Å²) >= 11 is 0. The number of hydrogen-bond donors (Lipinski definition) is 1. The minimum atomic E-state index is 0.822. The Balaban J connectivity index is 1.66. The van der Waals surface area contributed by atoms with Crippen LogP contribution < -0.4 is 5.32 Å². The number of rotatable bonds is 6. The van der Waals surface area contributed by atoms with Gasteiger partial charge in [-0.25, -0.2) is 0 Å². The van der Waals surface area contributed by atoms with Crippen LogP contribution in [0.3, 0.4) is 0 Å². The smallest absolute Gasteiger partial charge is 0.123 e. The topological polar surface area (TPSA) is 47.7 Å². The molecule has 0 spiro atoms. The highest BCUT2D eigenvalue weighted by atomic mass is 15.2. The SMILES string of the molecule is CCCn1ccc(CNc2cccc(-n3cnnc3)c2)c1. The molecule has 1 aromatic carbocycles. The lowest BCUT2D eigenvalue weighted by Gasteiger charge is -2.08. The van der Waals surface area contributed by atoms with E-state index < -0.39 is 0 Å². The maximum Gasteiger partial charge on any atom is 0.123 e. The van der Waals surface area contributed by atoms with E-state index in [-0.39, 0.29) is 0 Å². The van der Waals surface area contributed by atoms with E-state index in [4.69, 9.17) is 0 Å². The molecule has 0 unspecified atom stereocenters. The van der Waals surface area contributed by atoms with Crippen molar-refractivity contribution in [2.45, 2.75) is 26.4 Å². The molecule has 2 aromatic heterocycles. The lowest BCUT2D eigenvalue weighted by molar-refractivity contribution is 0.682. The van der Waals surface area contributed by atoms with Crippen molar-refractivity contribution < 1.29 is 0 Å². The number of nitrogens with zero attached hydrogens (tertiary/aromatic N) is 4. The molecule has 2 heterocycles. The molecule has 0 saturated carbocycles.